The third-order valence-electron chi connectivity index (χ3n) is 2.17. The van der Waals surface area contributed by atoms with Crippen LogP contribution in [0.15, 0.2) is 0 Å². The highest BCUT2D eigenvalue weighted by molar-refractivity contribution is 8.00. The standard InChI is InChI=1S/C7H12F2OS/c1-5-7(10,6(8)9)3-2-4-11-5/h5-6,10H,2-4H2,1H3. The molecule has 0 aromatic heterocycles. The second-order valence-electron chi connectivity index (χ2n) is 2.91. The van der Waals surface area contributed by atoms with Crippen molar-refractivity contribution in [2.75, 3.05) is 5.75 Å². The molecule has 1 rings (SSSR count). The van der Waals surface area contributed by atoms with E-state index in [0.29, 0.717) is 6.42 Å². The maximum atomic E-state index is 12.3. The topological polar surface area (TPSA) is 20.2 Å². The molecule has 0 aliphatic carbocycles. The van der Waals surface area contributed by atoms with Crippen molar-refractivity contribution in [3.8, 4) is 0 Å². The molecule has 1 aliphatic rings. The molecule has 1 N–H and O–H groups in total. The summed E-state index contributed by atoms with van der Waals surface area (Å²) in [5.74, 6) is 0.885. The van der Waals surface area contributed by atoms with Crippen LogP contribution in [0.1, 0.15) is 19.8 Å². The first-order chi connectivity index (χ1) is 5.07. The molecule has 0 amide bonds. The van der Waals surface area contributed by atoms with E-state index in [2.05, 4.69) is 0 Å². The predicted molar refractivity (Wildman–Crippen MR) is 42.1 cm³/mol. The first kappa shape index (κ1) is 9.26. The van der Waals surface area contributed by atoms with Crippen molar-refractivity contribution < 1.29 is 13.9 Å². The molecule has 0 aromatic carbocycles. The fourth-order valence-electron chi connectivity index (χ4n) is 1.25. The van der Waals surface area contributed by atoms with Gasteiger partial charge < -0.3 is 5.11 Å². The molecule has 0 radical (unpaired) electrons. The first-order valence-corrected chi connectivity index (χ1v) is 4.74. The van der Waals surface area contributed by atoms with E-state index in [1.807, 2.05) is 0 Å². The Labute approximate surface area is 69.2 Å². The van der Waals surface area contributed by atoms with E-state index in [-0.39, 0.29) is 11.7 Å². The zero-order chi connectivity index (χ0) is 8.48. The summed E-state index contributed by atoms with van der Waals surface area (Å²) < 4.78 is 24.6. The lowest BCUT2D eigenvalue weighted by atomic mass is 9.94. The molecule has 0 spiro atoms. The minimum absolute atomic E-state index is 0.235. The average molecular weight is 182 g/mol. The van der Waals surface area contributed by atoms with Crippen molar-refractivity contribution in [3.63, 3.8) is 0 Å². The van der Waals surface area contributed by atoms with Gasteiger partial charge in [-0.1, -0.05) is 6.92 Å². The second-order valence-corrected chi connectivity index (χ2v) is 4.36. The number of halogens is 2. The average Bonchev–Trinajstić information content (AvgIpc) is 1.95. The SMILES string of the molecule is CC1SCCCC1(O)C(F)F. The second kappa shape index (κ2) is 3.27. The highest BCUT2D eigenvalue weighted by atomic mass is 32.2. The summed E-state index contributed by atoms with van der Waals surface area (Å²) in [4.78, 5) is 0. The lowest BCUT2D eigenvalue weighted by Crippen LogP contribution is -2.47. The van der Waals surface area contributed by atoms with E-state index in [1.165, 1.54) is 11.8 Å². The molecular weight excluding hydrogens is 170 g/mol. The Morgan fingerprint density at radius 3 is 2.64 bits per heavy atom. The molecule has 1 nitrogen and oxygen atoms in total. The van der Waals surface area contributed by atoms with Gasteiger partial charge >= 0.3 is 0 Å². The molecule has 0 aromatic rings. The predicted octanol–water partition coefficient (Wildman–Crippen LogP) is 1.90. The minimum Gasteiger partial charge on any atom is -0.383 e. The molecule has 1 fully saturated rings. The first-order valence-electron chi connectivity index (χ1n) is 3.69. The Balaban J connectivity index is 2.64. The molecule has 2 unspecified atom stereocenters. The van der Waals surface area contributed by atoms with Gasteiger partial charge in [-0.3, -0.25) is 0 Å². The summed E-state index contributed by atoms with van der Waals surface area (Å²) in [5, 5.41) is 9.11. The quantitative estimate of drug-likeness (QED) is 0.668. The number of aliphatic hydroxyl groups is 1. The number of hydrogen-bond acceptors (Lipinski definition) is 2. The molecule has 0 bridgehead atoms. The Bertz CT molecular complexity index is 142. The van der Waals surface area contributed by atoms with E-state index in [0.717, 1.165) is 5.75 Å². The number of thioether (sulfide) groups is 1. The van der Waals surface area contributed by atoms with Crippen molar-refractivity contribution >= 4 is 11.8 Å². The van der Waals surface area contributed by atoms with E-state index in [4.69, 9.17) is 0 Å². The van der Waals surface area contributed by atoms with Gasteiger partial charge in [0.25, 0.3) is 6.43 Å². The summed E-state index contributed by atoms with van der Waals surface area (Å²) >= 11 is 1.42. The highest BCUT2D eigenvalue weighted by Gasteiger charge is 2.44. The Morgan fingerprint density at radius 2 is 2.27 bits per heavy atom. The normalized spacial score (nSPS) is 39.5. The summed E-state index contributed by atoms with van der Waals surface area (Å²) in [5.41, 5.74) is -1.73. The Hall–Kier alpha value is 0.170. The van der Waals surface area contributed by atoms with Crippen molar-refractivity contribution in [3.05, 3.63) is 0 Å². The molecule has 1 aliphatic heterocycles. The van der Waals surface area contributed by atoms with Gasteiger partial charge in [0.15, 0.2) is 0 Å². The zero-order valence-electron chi connectivity index (χ0n) is 6.39. The van der Waals surface area contributed by atoms with Crippen molar-refractivity contribution in [1.29, 1.82) is 0 Å². The zero-order valence-corrected chi connectivity index (χ0v) is 7.20. The van der Waals surface area contributed by atoms with Crippen LogP contribution in [0.5, 0.6) is 0 Å². The van der Waals surface area contributed by atoms with Gasteiger partial charge in [-0.05, 0) is 18.6 Å². The number of hydrogen-bond donors (Lipinski definition) is 1. The maximum Gasteiger partial charge on any atom is 0.267 e. The van der Waals surface area contributed by atoms with Crippen LogP contribution in [0.25, 0.3) is 0 Å². The molecule has 1 saturated heterocycles. The number of alkyl halides is 2. The molecule has 4 heteroatoms. The van der Waals surface area contributed by atoms with Crippen molar-refractivity contribution in [1.82, 2.24) is 0 Å². The number of rotatable bonds is 1. The summed E-state index contributed by atoms with van der Waals surface area (Å²) in [6.45, 7) is 1.66. The van der Waals surface area contributed by atoms with Gasteiger partial charge in [-0.15, -0.1) is 0 Å². The Morgan fingerprint density at radius 1 is 1.64 bits per heavy atom. The molecule has 0 saturated carbocycles. The van der Waals surface area contributed by atoms with E-state index < -0.39 is 12.0 Å². The molecular formula is C7H12F2OS. The molecule has 11 heavy (non-hydrogen) atoms. The summed E-state index contributed by atoms with van der Waals surface area (Å²) in [7, 11) is 0. The minimum atomic E-state index is -2.61. The fourth-order valence-corrected chi connectivity index (χ4v) is 2.42. The van der Waals surface area contributed by atoms with Gasteiger partial charge in [0.2, 0.25) is 0 Å². The fraction of sp³-hybridized carbons (Fsp3) is 1.00. The third-order valence-corrected chi connectivity index (χ3v) is 3.60. The molecule has 2 atom stereocenters. The Kier molecular flexibility index (Phi) is 2.75. The van der Waals surface area contributed by atoms with Crippen molar-refractivity contribution in [2.45, 2.75) is 37.0 Å². The third kappa shape index (κ3) is 1.67. The molecule has 66 valence electrons. The summed E-state index contributed by atoms with van der Waals surface area (Å²) in [6.07, 6.45) is -1.68. The van der Waals surface area contributed by atoms with E-state index in [1.54, 1.807) is 6.92 Å². The van der Waals surface area contributed by atoms with Crippen LogP contribution in [0.2, 0.25) is 0 Å². The van der Waals surface area contributed by atoms with Crippen molar-refractivity contribution in [2.24, 2.45) is 0 Å². The van der Waals surface area contributed by atoms with Crippen LogP contribution >= 0.6 is 11.8 Å². The van der Waals surface area contributed by atoms with Crippen LogP contribution in [0.3, 0.4) is 0 Å². The van der Waals surface area contributed by atoms with Gasteiger partial charge in [0.05, 0.1) is 0 Å². The maximum absolute atomic E-state index is 12.3. The summed E-state index contributed by atoms with van der Waals surface area (Å²) in [6, 6.07) is 0. The van der Waals surface area contributed by atoms with E-state index in [9.17, 15) is 13.9 Å². The van der Waals surface area contributed by atoms with E-state index >= 15 is 0 Å². The van der Waals surface area contributed by atoms with Gasteiger partial charge in [-0.25, -0.2) is 8.78 Å². The lowest BCUT2D eigenvalue weighted by Gasteiger charge is -2.36. The largest absolute Gasteiger partial charge is 0.383 e. The van der Waals surface area contributed by atoms with Crippen LogP contribution in [0.4, 0.5) is 8.78 Å². The monoisotopic (exact) mass is 182 g/mol. The van der Waals surface area contributed by atoms with Crippen LogP contribution in [-0.2, 0) is 0 Å². The highest BCUT2D eigenvalue weighted by Crippen LogP contribution is 2.37. The smallest absolute Gasteiger partial charge is 0.267 e. The van der Waals surface area contributed by atoms with Crippen LogP contribution in [0, 0.1) is 0 Å². The van der Waals surface area contributed by atoms with Crippen LogP contribution < -0.4 is 0 Å². The molecule has 1 heterocycles. The van der Waals surface area contributed by atoms with Gasteiger partial charge in [-0.2, -0.15) is 11.8 Å². The lowest BCUT2D eigenvalue weighted by molar-refractivity contribution is -0.101. The van der Waals surface area contributed by atoms with Crippen LogP contribution in [-0.4, -0.2) is 28.1 Å². The van der Waals surface area contributed by atoms with Gasteiger partial charge in [0.1, 0.15) is 5.60 Å². The van der Waals surface area contributed by atoms with Gasteiger partial charge in [0, 0.05) is 5.25 Å².